The summed E-state index contributed by atoms with van der Waals surface area (Å²) >= 11 is 1.52. The van der Waals surface area contributed by atoms with E-state index in [1.54, 1.807) is 20.8 Å². The molecule has 0 bridgehead atoms. The van der Waals surface area contributed by atoms with Crippen LogP contribution in [0.3, 0.4) is 0 Å². The van der Waals surface area contributed by atoms with Gasteiger partial charge in [0.05, 0.1) is 5.04 Å². The highest BCUT2D eigenvalue weighted by atomic mass is 32.2. The van der Waals surface area contributed by atoms with Crippen molar-refractivity contribution in [2.45, 2.75) is 44.1 Å². The van der Waals surface area contributed by atoms with Gasteiger partial charge in [0.25, 0.3) is 10.0 Å². The third kappa shape index (κ3) is 1.52. The molecule has 0 unspecified atom stereocenters. The fourth-order valence-corrected chi connectivity index (χ4v) is 4.16. The minimum atomic E-state index is -3.35. The van der Waals surface area contributed by atoms with E-state index in [9.17, 15) is 8.42 Å². The van der Waals surface area contributed by atoms with Crippen molar-refractivity contribution in [3.05, 3.63) is 0 Å². The molecular weight excluding hydrogens is 206 g/mol. The molecule has 0 radical (unpaired) electrons. The summed E-state index contributed by atoms with van der Waals surface area (Å²) in [6.45, 7) is 9.07. The monoisotopic (exact) mass is 221 g/mol. The zero-order valence-corrected chi connectivity index (χ0v) is 10.2. The van der Waals surface area contributed by atoms with Gasteiger partial charge in [-0.2, -0.15) is 4.40 Å². The van der Waals surface area contributed by atoms with Crippen molar-refractivity contribution >= 4 is 26.8 Å². The molecule has 0 aromatic carbocycles. The van der Waals surface area contributed by atoms with Gasteiger partial charge in [-0.25, -0.2) is 8.42 Å². The summed E-state index contributed by atoms with van der Waals surface area (Å²) in [7, 11) is -3.35. The first-order valence-electron chi connectivity index (χ1n) is 4.10. The van der Waals surface area contributed by atoms with Gasteiger partial charge in [-0.3, -0.25) is 0 Å². The topological polar surface area (TPSA) is 46.5 Å². The Bertz CT molecular complexity index is 352. The summed E-state index contributed by atoms with van der Waals surface area (Å²) in [5.74, 6) is 0. The highest BCUT2D eigenvalue weighted by molar-refractivity contribution is 8.17. The van der Waals surface area contributed by atoms with Gasteiger partial charge in [0.1, 0.15) is 4.75 Å². The molecular formula is C8H15NO2S2. The van der Waals surface area contributed by atoms with Crippen molar-refractivity contribution in [1.29, 1.82) is 0 Å². The van der Waals surface area contributed by atoms with E-state index in [-0.39, 0.29) is 4.75 Å². The Balaban J connectivity index is 3.39. The van der Waals surface area contributed by atoms with Crippen molar-refractivity contribution in [2.24, 2.45) is 4.40 Å². The molecule has 0 saturated heterocycles. The predicted molar refractivity (Wildman–Crippen MR) is 57.8 cm³/mol. The molecule has 0 spiro atoms. The molecule has 0 aromatic heterocycles. The summed E-state index contributed by atoms with van der Waals surface area (Å²) in [4.78, 5) is 0. The first kappa shape index (κ1) is 11.0. The molecule has 0 aliphatic carbocycles. The molecule has 1 aliphatic rings. The molecule has 5 heteroatoms. The van der Waals surface area contributed by atoms with E-state index in [1.165, 1.54) is 11.8 Å². The minimum Gasteiger partial charge on any atom is -0.204 e. The van der Waals surface area contributed by atoms with Gasteiger partial charge in [0, 0.05) is 4.75 Å². The molecule has 3 nitrogen and oxygen atoms in total. The second-order valence-electron chi connectivity index (χ2n) is 4.21. The van der Waals surface area contributed by atoms with Crippen molar-refractivity contribution < 1.29 is 8.42 Å². The molecule has 0 fully saturated rings. The quantitative estimate of drug-likeness (QED) is 0.629. The Hall–Kier alpha value is -0.0300. The highest BCUT2D eigenvalue weighted by Gasteiger charge is 2.51. The third-order valence-corrected chi connectivity index (χ3v) is 6.71. The van der Waals surface area contributed by atoms with Crippen molar-refractivity contribution in [3.8, 4) is 0 Å². The van der Waals surface area contributed by atoms with E-state index >= 15 is 0 Å². The first-order chi connectivity index (χ1) is 5.60. The number of sulfonamides is 1. The van der Waals surface area contributed by atoms with E-state index in [0.717, 1.165) is 0 Å². The fourth-order valence-electron chi connectivity index (χ4n) is 1.10. The van der Waals surface area contributed by atoms with E-state index in [0.29, 0.717) is 5.04 Å². The van der Waals surface area contributed by atoms with Gasteiger partial charge >= 0.3 is 0 Å². The first-order valence-corrected chi connectivity index (χ1v) is 6.36. The second kappa shape index (κ2) is 2.73. The smallest absolute Gasteiger partial charge is 0.204 e. The summed E-state index contributed by atoms with van der Waals surface area (Å²) in [6.07, 6.45) is 0. The minimum absolute atomic E-state index is 0.322. The molecule has 1 rings (SSSR count). The zero-order chi connectivity index (χ0) is 10.5. The maximum Gasteiger partial charge on any atom is 0.260 e. The molecule has 0 saturated carbocycles. The predicted octanol–water partition coefficient (Wildman–Crippen LogP) is 2.04. The lowest BCUT2D eigenvalue weighted by atomic mass is 9.98. The molecule has 1 aliphatic heterocycles. The lowest BCUT2D eigenvalue weighted by Crippen LogP contribution is -2.51. The van der Waals surface area contributed by atoms with Crippen molar-refractivity contribution in [2.75, 3.05) is 0 Å². The largest absolute Gasteiger partial charge is 0.260 e. The van der Waals surface area contributed by atoms with Gasteiger partial charge in [-0.15, -0.1) is 11.8 Å². The highest BCUT2D eigenvalue weighted by Crippen LogP contribution is 2.45. The number of nitrogens with zero attached hydrogens (tertiary/aromatic N) is 1. The normalized spacial score (nSPS) is 29.5. The van der Waals surface area contributed by atoms with Crippen molar-refractivity contribution in [3.63, 3.8) is 0 Å². The maximum atomic E-state index is 11.7. The summed E-state index contributed by atoms with van der Waals surface area (Å²) in [6, 6.07) is 0. The molecule has 0 amide bonds. The standard InChI is InChI=1S/C8H15NO2S2/c1-6-9-13(10,11)8(4,5)7(2,3)12-6/h1-5H3. The van der Waals surface area contributed by atoms with Crippen LogP contribution in [0.2, 0.25) is 0 Å². The summed E-state index contributed by atoms with van der Waals surface area (Å²) < 4.78 is 26.0. The Labute approximate surface area is 84.1 Å². The molecule has 76 valence electrons. The average molecular weight is 221 g/mol. The zero-order valence-electron chi connectivity index (χ0n) is 8.58. The SMILES string of the molecule is CC1=NS(=O)(=O)C(C)(C)C(C)(C)S1. The van der Waals surface area contributed by atoms with E-state index in [4.69, 9.17) is 0 Å². The number of thioether (sulfide) groups is 1. The second-order valence-corrected chi connectivity index (χ2v) is 8.18. The van der Waals surface area contributed by atoms with Crippen LogP contribution in [0.1, 0.15) is 34.6 Å². The summed E-state index contributed by atoms with van der Waals surface area (Å²) in [5, 5.41) is 0.629. The Morgan fingerprint density at radius 3 is 2.08 bits per heavy atom. The van der Waals surface area contributed by atoms with Crippen LogP contribution in [0.25, 0.3) is 0 Å². The molecule has 13 heavy (non-hydrogen) atoms. The van der Waals surface area contributed by atoms with Crippen LogP contribution >= 0.6 is 11.8 Å². The Kier molecular flexibility index (Phi) is 2.32. The van der Waals surface area contributed by atoms with Crippen LogP contribution in [0.15, 0.2) is 4.40 Å². The number of hydrogen-bond acceptors (Lipinski definition) is 3. The number of rotatable bonds is 0. The Morgan fingerprint density at radius 2 is 1.69 bits per heavy atom. The third-order valence-electron chi connectivity index (χ3n) is 2.75. The van der Waals surface area contributed by atoms with Gasteiger partial charge in [0.15, 0.2) is 0 Å². The fraction of sp³-hybridized carbons (Fsp3) is 0.875. The van der Waals surface area contributed by atoms with Gasteiger partial charge < -0.3 is 0 Å². The van der Waals surface area contributed by atoms with Crippen LogP contribution in [0, 0.1) is 0 Å². The van der Waals surface area contributed by atoms with Crippen LogP contribution < -0.4 is 0 Å². The van der Waals surface area contributed by atoms with Gasteiger partial charge in [0.2, 0.25) is 0 Å². The van der Waals surface area contributed by atoms with E-state index in [2.05, 4.69) is 4.40 Å². The van der Waals surface area contributed by atoms with Crippen LogP contribution in [0.4, 0.5) is 0 Å². The van der Waals surface area contributed by atoms with Crippen molar-refractivity contribution in [1.82, 2.24) is 0 Å². The van der Waals surface area contributed by atoms with Gasteiger partial charge in [-0.05, 0) is 34.6 Å². The van der Waals surface area contributed by atoms with Gasteiger partial charge in [-0.1, -0.05) is 0 Å². The molecule has 0 atom stereocenters. The van der Waals surface area contributed by atoms with E-state index in [1.807, 2.05) is 13.8 Å². The molecule has 1 heterocycles. The average Bonchev–Trinajstić information content (AvgIpc) is 1.80. The number of hydrogen-bond donors (Lipinski definition) is 0. The molecule has 0 aromatic rings. The van der Waals surface area contributed by atoms with E-state index < -0.39 is 14.8 Å². The lowest BCUT2D eigenvalue weighted by molar-refractivity contribution is 0.487. The van der Waals surface area contributed by atoms with Crippen LogP contribution in [-0.2, 0) is 10.0 Å². The van der Waals surface area contributed by atoms with Crippen LogP contribution in [-0.4, -0.2) is 23.0 Å². The lowest BCUT2D eigenvalue weighted by Gasteiger charge is -2.41. The summed E-state index contributed by atoms with van der Waals surface area (Å²) in [5.41, 5.74) is 0. The maximum absolute atomic E-state index is 11.7. The Morgan fingerprint density at radius 1 is 1.23 bits per heavy atom. The van der Waals surface area contributed by atoms with Crippen LogP contribution in [0.5, 0.6) is 0 Å². The molecule has 0 N–H and O–H groups in total.